The van der Waals surface area contributed by atoms with Gasteiger partial charge in [0.05, 0.1) is 4.90 Å². The van der Waals surface area contributed by atoms with Gasteiger partial charge >= 0.3 is 6.03 Å². The molecule has 30 heavy (non-hydrogen) atoms. The highest BCUT2D eigenvalue weighted by Gasteiger charge is 2.57. The van der Waals surface area contributed by atoms with Crippen LogP contribution in [0.3, 0.4) is 0 Å². The summed E-state index contributed by atoms with van der Waals surface area (Å²) < 4.78 is 26.8. The lowest BCUT2D eigenvalue weighted by Gasteiger charge is -2.61. The Labute approximate surface area is 181 Å². The molecule has 2 fully saturated rings. The second kappa shape index (κ2) is 7.23. The lowest BCUT2D eigenvalue weighted by molar-refractivity contribution is -0.0243. The number of carbonyl (C=O) groups excluding carboxylic acids is 1. The van der Waals surface area contributed by atoms with E-state index in [0.717, 1.165) is 50.9 Å². The number of piperidine rings is 2. The molecule has 1 aromatic rings. The molecule has 7 heteroatoms. The zero-order valence-electron chi connectivity index (χ0n) is 18.9. The first-order chi connectivity index (χ1) is 14.0. The molecule has 1 aliphatic carbocycles. The maximum atomic E-state index is 13.4. The quantitative estimate of drug-likeness (QED) is 0.718. The largest absolute Gasteiger partial charge is 0.325 e. The topological polar surface area (TPSA) is 60.9 Å². The summed E-state index contributed by atoms with van der Waals surface area (Å²) in [7, 11) is -0.337. The Hall–Kier alpha value is -1.60. The lowest BCUT2D eigenvalue weighted by Crippen LogP contribution is -2.66. The number of benzene rings is 1. The van der Waals surface area contributed by atoms with E-state index in [1.54, 1.807) is 20.2 Å². The van der Waals surface area contributed by atoms with E-state index in [0.29, 0.717) is 4.90 Å². The Morgan fingerprint density at radius 2 is 1.73 bits per heavy atom. The third kappa shape index (κ3) is 3.08. The Bertz CT molecular complexity index is 950. The van der Waals surface area contributed by atoms with E-state index in [-0.39, 0.29) is 22.9 Å². The summed E-state index contributed by atoms with van der Waals surface area (Å²) in [4.78, 5) is 17.9. The molecule has 3 aliphatic rings. The van der Waals surface area contributed by atoms with Gasteiger partial charge < -0.3 is 9.80 Å². The normalized spacial score (nSPS) is 28.4. The highest BCUT2D eigenvalue weighted by atomic mass is 32.2. The summed E-state index contributed by atoms with van der Waals surface area (Å²) >= 11 is 0. The van der Waals surface area contributed by atoms with Crippen LogP contribution in [0.25, 0.3) is 0 Å². The number of likely N-dealkylation sites (tertiary alicyclic amines) is 2. The van der Waals surface area contributed by atoms with Crippen molar-refractivity contribution in [3.05, 3.63) is 29.3 Å². The summed E-state index contributed by atoms with van der Waals surface area (Å²) in [5.41, 5.74) is 1.99. The SMILES string of the molecule is CN(C)S(=O)(=O)c1ccc2c(c1)[C@@]1(C)CCN(C(=O)N3CCCCC3)[C@@H](C2)C1(C)C. The van der Waals surface area contributed by atoms with E-state index in [4.69, 9.17) is 0 Å². The summed E-state index contributed by atoms with van der Waals surface area (Å²) in [5.74, 6) is 0. The van der Waals surface area contributed by atoms with Gasteiger partial charge in [0.2, 0.25) is 10.0 Å². The fourth-order valence-corrected chi connectivity index (χ4v) is 6.68. The van der Waals surface area contributed by atoms with Gasteiger partial charge in [0.15, 0.2) is 0 Å². The van der Waals surface area contributed by atoms with Crippen molar-refractivity contribution in [2.24, 2.45) is 5.41 Å². The zero-order chi connectivity index (χ0) is 21.9. The maximum Gasteiger partial charge on any atom is 0.320 e. The average Bonchev–Trinajstić information content (AvgIpc) is 2.70. The molecule has 2 atom stereocenters. The molecular formula is C23H35N3O3S. The molecule has 0 aromatic heterocycles. The Morgan fingerprint density at radius 1 is 1.07 bits per heavy atom. The first kappa shape index (κ1) is 21.6. The number of hydrogen-bond donors (Lipinski definition) is 0. The number of sulfonamides is 1. The van der Waals surface area contributed by atoms with Crippen LogP contribution in [0.4, 0.5) is 4.79 Å². The highest BCUT2D eigenvalue weighted by molar-refractivity contribution is 7.89. The number of nitrogens with zero attached hydrogens (tertiary/aromatic N) is 3. The molecule has 2 aliphatic heterocycles. The first-order valence-electron chi connectivity index (χ1n) is 11.1. The molecule has 2 amide bonds. The Morgan fingerprint density at radius 3 is 2.37 bits per heavy atom. The van der Waals surface area contributed by atoms with Crippen molar-refractivity contribution in [3.63, 3.8) is 0 Å². The lowest BCUT2D eigenvalue weighted by atomic mass is 9.51. The molecule has 0 saturated carbocycles. The second-order valence-electron chi connectivity index (χ2n) is 10.2. The number of urea groups is 1. The first-order valence-corrected chi connectivity index (χ1v) is 12.6. The molecule has 2 heterocycles. The van der Waals surface area contributed by atoms with Crippen LogP contribution in [-0.4, -0.2) is 68.3 Å². The van der Waals surface area contributed by atoms with Crippen molar-refractivity contribution in [2.45, 2.75) is 69.2 Å². The van der Waals surface area contributed by atoms with E-state index >= 15 is 0 Å². The van der Waals surface area contributed by atoms with E-state index in [1.165, 1.54) is 16.3 Å². The molecule has 6 nitrogen and oxygen atoms in total. The fraction of sp³-hybridized carbons (Fsp3) is 0.696. The average molecular weight is 434 g/mol. The standard InChI is InChI=1S/C23H35N3O3S/c1-22(2)20-15-17-9-10-18(30(28,29)24(4)5)16-19(17)23(22,3)11-14-26(20)21(27)25-12-7-6-8-13-25/h9-10,16,20H,6-8,11-15H2,1-5H3/t20-,23+/m0/s1. The van der Waals surface area contributed by atoms with Crippen LogP contribution < -0.4 is 0 Å². The van der Waals surface area contributed by atoms with Crippen molar-refractivity contribution in [3.8, 4) is 0 Å². The zero-order valence-corrected chi connectivity index (χ0v) is 19.8. The number of hydrogen-bond acceptors (Lipinski definition) is 3. The smallest absolute Gasteiger partial charge is 0.320 e. The molecule has 1 aromatic carbocycles. The molecule has 166 valence electrons. The minimum atomic E-state index is -3.48. The van der Waals surface area contributed by atoms with E-state index in [9.17, 15) is 13.2 Å². The predicted molar refractivity (Wildman–Crippen MR) is 118 cm³/mol. The van der Waals surface area contributed by atoms with Gasteiger partial charge in [0.25, 0.3) is 0 Å². The summed E-state index contributed by atoms with van der Waals surface area (Å²) in [6, 6.07) is 5.90. The van der Waals surface area contributed by atoms with Gasteiger partial charge in [0.1, 0.15) is 0 Å². The van der Waals surface area contributed by atoms with Crippen molar-refractivity contribution in [1.82, 2.24) is 14.1 Å². The van der Waals surface area contributed by atoms with Crippen LogP contribution in [0.15, 0.2) is 23.1 Å². The number of fused-ring (bicyclic) bond motifs is 4. The molecule has 2 bridgehead atoms. The van der Waals surface area contributed by atoms with Gasteiger partial charge in [-0.05, 0) is 60.8 Å². The third-order valence-corrected chi connectivity index (χ3v) is 10.0. The van der Waals surface area contributed by atoms with Crippen molar-refractivity contribution in [2.75, 3.05) is 33.7 Å². The van der Waals surface area contributed by atoms with Crippen LogP contribution in [0.5, 0.6) is 0 Å². The summed E-state index contributed by atoms with van der Waals surface area (Å²) in [6.07, 6.45) is 5.02. The van der Waals surface area contributed by atoms with Gasteiger partial charge in [-0.15, -0.1) is 0 Å². The number of rotatable bonds is 2. The second-order valence-corrected chi connectivity index (χ2v) is 12.3. The molecule has 0 unspecified atom stereocenters. The monoisotopic (exact) mass is 433 g/mol. The van der Waals surface area contributed by atoms with Gasteiger partial charge in [-0.1, -0.05) is 26.8 Å². The Balaban J connectivity index is 1.73. The molecular weight excluding hydrogens is 398 g/mol. The van der Waals surface area contributed by atoms with Gasteiger partial charge in [-0.3, -0.25) is 0 Å². The van der Waals surface area contributed by atoms with Crippen molar-refractivity contribution < 1.29 is 13.2 Å². The van der Waals surface area contributed by atoms with Crippen molar-refractivity contribution >= 4 is 16.1 Å². The molecule has 0 radical (unpaired) electrons. The number of carbonyl (C=O) groups is 1. The van der Waals surface area contributed by atoms with Gasteiger partial charge in [-0.2, -0.15) is 0 Å². The summed E-state index contributed by atoms with van der Waals surface area (Å²) in [5, 5.41) is 0. The molecule has 2 saturated heterocycles. The van der Waals surface area contributed by atoms with E-state index in [2.05, 4.69) is 25.7 Å². The van der Waals surface area contributed by atoms with E-state index in [1.807, 2.05) is 17.0 Å². The predicted octanol–water partition coefficient (Wildman–Crippen LogP) is 3.46. The minimum Gasteiger partial charge on any atom is -0.325 e. The van der Waals surface area contributed by atoms with Gasteiger partial charge in [-0.25, -0.2) is 17.5 Å². The third-order valence-electron chi connectivity index (χ3n) is 8.22. The van der Waals surface area contributed by atoms with Crippen LogP contribution in [-0.2, 0) is 21.9 Å². The number of amides is 2. The van der Waals surface area contributed by atoms with Crippen LogP contribution in [0.2, 0.25) is 0 Å². The Kier molecular flexibility index (Phi) is 5.21. The molecule has 0 N–H and O–H groups in total. The van der Waals surface area contributed by atoms with Crippen LogP contribution in [0.1, 0.15) is 57.6 Å². The van der Waals surface area contributed by atoms with E-state index < -0.39 is 10.0 Å². The van der Waals surface area contributed by atoms with Crippen LogP contribution >= 0.6 is 0 Å². The summed E-state index contributed by atoms with van der Waals surface area (Å²) in [6.45, 7) is 9.22. The minimum absolute atomic E-state index is 0.120. The van der Waals surface area contributed by atoms with Gasteiger partial charge in [0, 0.05) is 45.2 Å². The molecule has 0 spiro atoms. The maximum absolute atomic E-state index is 13.4. The van der Waals surface area contributed by atoms with Crippen molar-refractivity contribution in [1.29, 1.82) is 0 Å². The highest BCUT2D eigenvalue weighted by Crippen LogP contribution is 2.56. The molecule has 4 rings (SSSR count). The fourth-order valence-electron chi connectivity index (χ4n) is 5.75. The van der Waals surface area contributed by atoms with Crippen LogP contribution in [0, 0.1) is 5.41 Å².